The second-order valence-corrected chi connectivity index (χ2v) is 9.62. The zero-order chi connectivity index (χ0) is 21.0. The zero-order valence-electron chi connectivity index (χ0n) is 17.3. The Kier molecular flexibility index (Phi) is 7.26. The van der Waals surface area contributed by atoms with E-state index in [0.29, 0.717) is 32.6 Å². The molecule has 0 bridgehead atoms. The molecule has 1 amide bonds. The van der Waals surface area contributed by atoms with Crippen LogP contribution >= 0.6 is 0 Å². The third-order valence-corrected chi connectivity index (χ3v) is 7.89. The number of amides is 1. The van der Waals surface area contributed by atoms with Gasteiger partial charge in [-0.2, -0.15) is 4.31 Å². The van der Waals surface area contributed by atoms with Gasteiger partial charge in [-0.05, 0) is 44.2 Å². The molecule has 9 heteroatoms. The van der Waals surface area contributed by atoms with Crippen LogP contribution in [0.1, 0.15) is 20.3 Å². The van der Waals surface area contributed by atoms with Gasteiger partial charge in [-0.15, -0.1) is 0 Å². The summed E-state index contributed by atoms with van der Waals surface area (Å²) in [4.78, 5) is 19.4. The van der Waals surface area contributed by atoms with Gasteiger partial charge in [0.15, 0.2) is 0 Å². The summed E-state index contributed by atoms with van der Waals surface area (Å²) >= 11 is 0. The van der Waals surface area contributed by atoms with E-state index in [-0.39, 0.29) is 16.8 Å². The summed E-state index contributed by atoms with van der Waals surface area (Å²) in [5.41, 5.74) is 0. The van der Waals surface area contributed by atoms with Crippen LogP contribution in [-0.2, 0) is 14.8 Å². The van der Waals surface area contributed by atoms with Gasteiger partial charge in [0.05, 0.1) is 10.9 Å². The molecular formula is C20H31FN4O3S. The quantitative estimate of drug-likeness (QED) is 0.705. The van der Waals surface area contributed by atoms with E-state index in [0.717, 1.165) is 44.9 Å². The van der Waals surface area contributed by atoms with Crippen molar-refractivity contribution in [1.29, 1.82) is 0 Å². The summed E-state index contributed by atoms with van der Waals surface area (Å²) in [6, 6.07) is 4.66. The molecule has 2 saturated heterocycles. The van der Waals surface area contributed by atoms with E-state index < -0.39 is 15.8 Å². The van der Waals surface area contributed by atoms with Gasteiger partial charge >= 0.3 is 0 Å². The first kappa shape index (κ1) is 22.1. The van der Waals surface area contributed by atoms with Crippen molar-refractivity contribution < 1.29 is 17.6 Å². The largest absolute Gasteiger partial charge is 0.339 e. The number of carbonyl (C=O) groups excluding carboxylic acids is 1. The first-order valence-electron chi connectivity index (χ1n) is 10.3. The Labute approximate surface area is 173 Å². The van der Waals surface area contributed by atoms with E-state index in [9.17, 15) is 17.6 Å². The molecule has 2 aliphatic rings. The summed E-state index contributed by atoms with van der Waals surface area (Å²) in [5.74, 6) is -0.339. The molecule has 2 heterocycles. The van der Waals surface area contributed by atoms with Crippen molar-refractivity contribution in [1.82, 2.24) is 19.0 Å². The third kappa shape index (κ3) is 5.14. The van der Waals surface area contributed by atoms with Gasteiger partial charge in [0.2, 0.25) is 15.9 Å². The lowest BCUT2D eigenvalue weighted by atomic mass is 10.2. The van der Waals surface area contributed by atoms with Crippen LogP contribution < -0.4 is 0 Å². The lowest BCUT2D eigenvalue weighted by Gasteiger charge is -2.37. The number of carbonyl (C=O) groups is 1. The average Bonchev–Trinajstić information content (AvgIpc) is 3.00. The molecule has 29 heavy (non-hydrogen) atoms. The molecule has 2 aliphatic heterocycles. The highest BCUT2D eigenvalue weighted by Gasteiger charge is 2.32. The number of hydrogen-bond acceptors (Lipinski definition) is 5. The predicted octanol–water partition coefficient (Wildman–Crippen LogP) is 1.07. The minimum absolute atomic E-state index is 0.102. The van der Waals surface area contributed by atoms with Crippen LogP contribution in [0.3, 0.4) is 0 Å². The molecule has 0 aliphatic carbocycles. The first-order chi connectivity index (χ1) is 13.8. The van der Waals surface area contributed by atoms with Gasteiger partial charge in [-0.1, -0.05) is 6.92 Å². The molecule has 7 nitrogen and oxygen atoms in total. The molecule has 1 atom stereocenters. The minimum Gasteiger partial charge on any atom is -0.339 e. The number of likely N-dealkylation sites (N-methyl/N-ethyl adjacent to an activating group) is 1. The summed E-state index contributed by atoms with van der Waals surface area (Å²) in [5, 5.41) is 0. The van der Waals surface area contributed by atoms with Crippen LogP contribution in [0.2, 0.25) is 0 Å². The maximum atomic E-state index is 13.1. The van der Waals surface area contributed by atoms with Gasteiger partial charge in [0.1, 0.15) is 5.82 Å². The van der Waals surface area contributed by atoms with Crippen molar-refractivity contribution in [2.24, 2.45) is 0 Å². The van der Waals surface area contributed by atoms with E-state index in [4.69, 9.17) is 0 Å². The van der Waals surface area contributed by atoms with Gasteiger partial charge in [-0.25, -0.2) is 12.8 Å². The Morgan fingerprint density at radius 1 is 1.00 bits per heavy atom. The van der Waals surface area contributed by atoms with Crippen molar-refractivity contribution in [2.45, 2.75) is 31.2 Å². The second-order valence-electron chi connectivity index (χ2n) is 7.68. The van der Waals surface area contributed by atoms with E-state index in [1.165, 1.54) is 16.4 Å². The van der Waals surface area contributed by atoms with Crippen molar-refractivity contribution in [3.8, 4) is 0 Å². The molecule has 2 fully saturated rings. The third-order valence-electron chi connectivity index (χ3n) is 5.98. The highest BCUT2D eigenvalue weighted by atomic mass is 32.2. The van der Waals surface area contributed by atoms with E-state index >= 15 is 0 Å². The van der Waals surface area contributed by atoms with E-state index in [2.05, 4.69) is 16.7 Å². The van der Waals surface area contributed by atoms with Crippen molar-refractivity contribution in [3.05, 3.63) is 30.1 Å². The summed E-state index contributed by atoms with van der Waals surface area (Å²) in [6.45, 7) is 10.2. The molecule has 1 unspecified atom stereocenters. The fraction of sp³-hybridized carbons (Fsp3) is 0.650. The summed E-state index contributed by atoms with van der Waals surface area (Å²) in [7, 11) is -3.66. The van der Waals surface area contributed by atoms with Crippen LogP contribution in [0.4, 0.5) is 4.39 Å². The monoisotopic (exact) mass is 426 g/mol. The zero-order valence-corrected chi connectivity index (χ0v) is 18.1. The normalized spacial score (nSPS) is 21.7. The Morgan fingerprint density at radius 3 is 2.28 bits per heavy atom. The lowest BCUT2D eigenvalue weighted by molar-refractivity contribution is -0.138. The van der Waals surface area contributed by atoms with Crippen LogP contribution in [0.25, 0.3) is 0 Å². The molecule has 162 valence electrons. The van der Waals surface area contributed by atoms with E-state index in [1.807, 2.05) is 11.8 Å². The van der Waals surface area contributed by atoms with Crippen molar-refractivity contribution >= 4 is 15.9 Å². The molecule has 0 saturated carbocycles. The Bertz CT molecular complexity index is 794. The van der Waals surface area contributed by atoms with E-state index in [1.54, 1.807) is 0 Å². The maximum Gasteiger partial charge on any atom is 0.243 e. The number of halogens is 1. The number of benzene rings is 1. The summed E-state index contributed by atoms with van der Waals surface area (Å²) in [6.07, 6.45) is 0.654. The van der Waals surface area contributed by atoms with Crippen LogP contribution in [0.15, 0.2) is 29.2 Å². The number of rotatable bonds is 5. The van der Waals surface area contributed by atoms with Crippen LogP contribution in [0, 0.1) is 5.82 Å². The van der Waals surface area contributed by atoms with Gasteiger partial charge in [0.25, 0.3) is 0 Å². The smallest absolute Gasteiger partial charge is 0.243 e. The number of piperazine rings is 1. The number of sulfonamides is 1. The van der Waals surface area contributed by atoms with Crippen LogP contribution in [-0.4, -0.2) is 98.3 Å². The Balaban J connectivity index is 1.60. The molecule has 1 aromatic carbocycles. The topological polar surface area (TPSA) is 64.2 Å². The Hall–Kier alpha value is -1.55. The number of hydrogen-bond donors (Lipinski definition) is 0. The summed E-state index contributed by atoms with van der Waals surface area (Å²) < 4.78 is 40.3. The van der Waals surface area contributed by atoms with Gasteiger partial charge in [-0.3, -0.25) is 9.69 Å². The predicted molar refractivity (Wildman–Crippen MR) is 110 cm³/mol. The van der Waals surface area contributed by atoms with Gasteiger partial charge in [0, 0.05) is 52.4 Å². The second kappa shape index (κ2) is 9.51. The average molecular weight is 427 g/mol. The minimum atomic E-state index is -3.66. The standard InChI is InChI=1S/C20H31FN4O3S/c1-3-22-11-13-24(14-12-22)20(26)17(2)23-9-4-10-25(16-15-23)29(27,28)19-7-5-18(21)6-8-19/h5-8,17H,3-4,9-16H2,1-2H3. The molecular weight excluding hydrogens is 395 g/mol. The fourth-order valence-electron chi connectivity index (χ4n) is 4.00. The molecule has 0 spiro atoms. The molecule has 0 radical (unpaired) electrons. The molecule has 0 N–H and O–H groups in total. The highest BCUT2D eigenvalue weighted by molar-refractivity contribution is 7.89. The molecule has 1 aromatic rings. The molecule has 3 rings (SSSR count). The van der Waals surface area contributed by atoms with Crippen molar-refractivity contribution in [3.63, 3.8) is 0 Å². The lowest BCUT2D eigenvalue weighted by Crippen LogP contribution is -2.54. The van der Waals surface area contributed by atoms with Crippen LogP contribution in [0.5, 0.6) is 0 Å². The fourth-order valence-corrected chi connectivity index (χ4v) is 5.47. The first-order valence-corrected chi connectivity index (χ1v) is 11.8. The van der Waals surface area contributed by atoms with Gasteiger partial charge < -0.3 is 9.80 Å². The Morgan fingerprint density at radius 2 is 1.66 bits per heavy atom. The maximum absolute atomic E-state index is 13.1. The molecule has 0 aromatic heterocycles. The SMILES string of the molecule is CCN1CCN(C(=O)C(C)N2CCCN(S(=O)(=O)c3ccc(F)cc3)CC2)CC1. The highest BCUT2D eigenvalue weighted by Crippen LogP contribution is 2.19. The number of nitrogens with zero attached hydrogens (tertiary/aromatic N) is 4. The van der Waals surface area contributed by atoms with Crippen molar-refractivity contribution in [2.75, 3.05) is 58.9 Å².